The van der Waals surface area contributed by atoms with E-state index in [2.05, 4.69) is 41.8 Å². The predicted molar refractivity (Wildman–Crippen MR) is 111 cm³/mol. The first-order chi connectivity index (χ1) is 12.5. The van der Waals surface area contributed by atoms with E-state index in [9.17, 15) is 4.79 Å². The molecule has 0 fully saturated rings. The fourth-order valence-electron chi connectivity index (χ4n) is 2.31. The van der Waals surface area contributed by atoms with Crippen molar-refractivity contribution in [1.29, 1.82) is 0 Å². The van der Waals surface area contributed by atoms with Crippen LogP contribution in [0, 0.1) is 6.92 Å². The summed E-state index contributed by atoms with van der Waals surface area (Å²) >= 11 is 4.75. The molecule has 0 spiro atoms. The lowest BCUT2D eigenvalue weighted by atomic mass is 10.2. The van der Waals surface area contributed by atoms with Crippen molar-refractivity contribution in [1.82, 2.24) is 9.97 Å². The van der Waals surface area contributed by atoms with Crippen LogP contribution in [-0.2, 0) is 0 Å². The Morgan fingerprint density at radius 3 is 2.46 bits per heavy atom. The Kier molecular flexibility index (Phi) is 5.85. The van der Waals surface area contributed by atoms with Gasteiger partial charge in [-0.15, -0.1) is 11.3 Å². The molecule has 0 aliphatic heterocycles. The van der Waals surface area contributed by atoms with Crippen molar-refractivity contribution in [2.24, 2.45) is 0 Å². The average molecular weight is 432 g/mol. The molecule has 1 aromatic carbocycles. The maximum atomic E-state index is 12.2. The fraction of sp³-hybridized carbons (Fsp3) is 0.167. The van der Waals surface area contributed by atoms with Crippen LogP contribution in [0.3, 0.4) is 0 Å². The number of aryl methyl sites for hydroxylation is 1. The maximum Gasteiger partial charge on any atom is 0.265 e. The number of carbonyl (C=O) groups is 1. The smallest absolute Gasteiger partial charge is 0.265 e. The number of carbonyl (C=O) groups excluding carboxylic acids is 1. The summed E-state index contributed by atoms with van der Waals surface area (Å²) in [6.07, 6.45) is 0. The predicted octanol–water partition coefficient (Wildman–Crippen LogP) is 5.04. The van der Waals surface area contributed by atoms with Gasteiger partial charge in [-0.25, -0.2) is 9.97 Å². The number of amides is 1. The minimum absolute atomic E-state index is 0.122. The highest BCUT2D eigenvalue weighted by molar-refractivity contribution is 9.10. The van der Waals surface area contributed by atoms with Gasteiger partial charge < -0.3 is 16.0 Å². The number of nitrogens with one attached hydrogen (secondary N) is 3. The van der Waals surface area contributed by atoms with E-state index in [0.717, 1.165) is 28.2 Å². The third-order valence-electron chi connectivity index (χ3n) is 3.40. The van der Waals surface area contributed by atoms with Crippen molar-refractivity contribution in [3.8, 4) is 0 Å². The van der Waals surface area contributed by atoms with Crippen LogP contribution in [0.2, 0.25) is 0 Å². The van der Waals surface area contributed by atoms with E-state index in [1.807, 2.05) is 49.6 Å². The molecule has 3 aromatic rings. The largest absolute Gasteiger partial charge is 0.370 e. The third kappa shape index (κ3) is 4.80. The number of benzene rings is 1. The number of nitrogens with zero attached hydrogens (tertiary/aromatic N) is 2. The molecule has 0 atom stereocenters. The Labute approximate surface area is 164 Å². The summed E-state index contributed by atoms with van der Waals surface area (Å²) in [5.74, 6) is 2.07. The van der Waals surface area contributed by atoms with Crippen LogP contribution in [0.4, 0.5) is 23.0 Å². The van der Waals surface area contributed by atoms with Crippen LogP contribution in [-0.4, -0.2) is 22.4 Å². The maximum absolute atomic E-state index is 12.2. The van der Waals surface area contributed by atoms with Gasteiger partial charge in [0.15, 0.2) is 0 Å². The number of halogens is 1. The second kappa shape index (κ2) is 8.29. The normalized spacial score (nSPS) is 10.4. The van der Waals surface area contributed by atoms with E-state index >= 15 is 0 Å². The molecule has 0 saturated carbocycles. The van der Waals surface area contributed by atoms with Crippen molar-refractivity contribution in [2.45, 2.75) is 13.8 Å². The molecule has 0 radical (unpaired) electrons. The first-order valence-electron chi connectivity index (χ1n) is 8.05. The summed E-state index contributed by atoms with van der Waals surface area (Å²) in [6.45, 7) is 4.67. The zero-order valence-corrected chi connectivity index (χ0v) is 16.7. The summed E-state index contributed by atoms with van der Waals surface area (Å²) < 4.78 is 0.907. The van der Waals surface area contributed by atoms with Gasteiger partial charge in [0.25, 0.3) is 5.91 Å². The average Bonchev–Trinajstić information content (AvgIpc) is 3.03. The van der Waals surface area contributed by atoms with Crippen LogP contribution in [0.15, 0.2) is 46.3 Å². The standard InChI is InChI=1S/C18H18BrN5OS/c1-3-20-16-9-17(22-11(2)21-16)23-13-4-6-14(7-5-13)24-18(25)15-8-12(19)10-26-15/h4-10H,3H2,1-2H3,(H,24,25)(H2,20,21,22,23). The molecule has 0 bridgehead atoms. The van der Waals surface area contributed by atoms with Gasteiger partial charge in [0.2, 0.25) is 0 Å². The van der Waals surface area contributed by atoms with Crippen LogP contribution >= 0.6 is 27.3 Å². The number of aromatic nitrogens is 2. The molecule has 8 heteroatoms. The van der Waals surface area contributed by atoms with Gasteiger partial charge in [0.05, 0.1) is 4.88 Å². The topological polar surface area (TPSA) is 78.9 Å². The monoisotopic (exact) mass is 431 g/mol. The zero-order chi connectivity index (χ0) is 18.5. The molecule has 26 heavy (non-hydrogen) atoms. The van der Waals surface area contributed by atoms with Gasteiger partial charge in [-0.1, -0.05) is 0 Å². The number of hydrogen-bond donors (Lipinski definition) is 3. The van der Waals surface area contributed by atoms with E-state index in [0.29, 0.717) is 16.5 Å². The Morgan fingerprint density at radius 1 is 1.12 bits per heavy atom. The molecule has 6 nitrogen and oxygen atoms in total. The number of thiophene rings is 1. The van der Waals surface area contributed by atoms with Crippen molar-refractivity contribution < 1.29 is 4.79 Å². The summed E-state index contributed by atoms with van der Waals surface area (Å²) in [5.41, 5.74) is 1.61. The highest BCUT2D eigenvalue weighted by atomic mass is 79.9. The lowest BCUT2D eigenvalue weighted by Gasteiger charge is -2.10. The van der Waals surface area contributed by atoms with Gasteiger partial charge >= 0.3 is 0 Å². The summed E-state index contributed by atoms with van der Waals surface area (Å²) in [5, 5.41) is 11.2. The molecule has 2 aromatic heterocycles. The van der Waals surface area contributed by atoms with Gasteiger partial charge in [-0.05, 0) is 60.1 Å². The van der Waals surface area contributed by atoms with Crippen molar-refractivity contribution in [3.05, 3.63) is 57.0 Å². The molecule has 0 saturated heterocycles. The molecule has 3 N–H and O–H groups in total. The molecule has 134 valence electrons. The summed E-state index contributed by atoms with van der Waals surface area (Å²) in [6, 6.07) is 11.1. The highest BCUT2D eigenvalue weighted by Gasteiger charge is 2.09. The van der Waals surface area contributed by atoms with Gasteiger partial charge in [-0.3, -0.25) is 4.79 Å². The van der Waals surface area contributed by atoms with E-state index in [1.54, 1.807) is 6.07 Å². The van der Waals surface area contributed by atoms with Crippen molar-refractivity contribution >= 4 is 56.2 Å². The second-order valence-corrected chi connectivity index (χ2v) is 7.33. The fourth-order valence-corrected chi connectivity index (χ4v) is 3.63. The number of anilines is 4. The summed E-state index contributed by atoms with van der Waals surface area (Å²) in [7, 11) is 0. The van der Waals surface area contributed by atoms with Crippen LogP contribution < -0.4 is 16.0 Å². The summed E-state index contributed by atoms with van der Waals surface area (Å²) in [4.78, 5) is 21.6. The van der Waals surface area contributed by atoms with Crippen LogP contribution in [0.1, 0.15) is 22.4 Å². The SMILES string of the molecule is CCNc1cc(Nc2ccc(NC(=O)c3cc(Br)cs3)cc2)nc(C)n1. The van der Waals surface area contributed by atoms with Crippen LogP contribution in [0.5, 0.6) is 0 Å². The molecule has 0 aliphatic rings. The molecule has 2 heterocycles. The minimum atomic E-state index is -0.122. The van der Waals surface area contributed by atoms with E-state index in [4.69, 9.17) is 0 Å². The number of rotatable bonds is 6. The first kappa shape index (κ1) is 18.3. The van der Waals surface area contributed by atoms with E-state index < -0.39 is 0 Å². The quantitative estimate of drug-likeness (QED) is 0.509. The molecule has 0 unspecified atom stereocenters. The van der Waals surface area contributed by atoms with Gasteiger partial charge in [0.1, 0.15) is 17.5 Å². The van der Waals surface area contributed by atoms with Crippen LogP contribution in [0.25, 0.3) is 0 Å². The number of hydrogen-bond acceptors (Lipinski definition) is 6. The molecule has 1 amide bonds. The Hall–Kier alpha value is -2.45. The van der Waals surface area contributed by atoms with E-state index in [1.165, 1.54) is 11.3 Å². The zero-order valence-electron chi connectivity index (χ0n) is 14.3. The third-order valence-corrected chi connectivity index (χ3v) is 5.09. The lowest BCUT2D eigenvalue weighted by Crippen LogP contribution is -2.10. The Balaban J connectivity index is 1.67. The minimum Gasteiger partial charge on any atom is -0.370 e. The van der Waals surface area contributed by atoms with Crippen molar-refractivity contribution in [2.75, 3.05) is 22.5 Å². The highest BCUT2D eigenvalue weighted by Crippen LogP contribution is 2.22. The van der Waals surface area contributed by atoms with Crippen molar-refractivity contribution in [3.63, 3.8) is 0 Å². The van der Waals surface area contributed by atoms with Gasteiger partial charge in [-0.2, -0.15) is 0 Å². The Morgan fingerprint density at radius 2 is 1.81 bits per heavy atom. The molecular weight excluding hydrogens is 414 g/mol. The molecular formula is C18H18BrN5OS. The molecule has 3 rings (SSSR count). The van der Waals surface area contributed by atoms with Gasteiger partial charge in [0, 0.05) is 33.8 Å². The molecule has 0 aliphatic carbocycles. The van der Waals surface area contributed by atoms with E-state index in [-0.39, 0.29) is 5.91 Å². The second-order valence-electron chi connectivity index (χ2n) is 5.50. The first-order valence-corrected chi connectivity index (χ1v) is 9.73. The lowest BCUT2D eigenvalue weighted by molar-refractivity contribution is 0.103. The Bertz CT molecular complexity index is 910.